The van der Waals surface area contributed by atoms with Crippen molar-refractivity contribution in [3.05, 3.63) is 130 Å². The Hall–Kier alpha value is -3.37. The van der Waals surface area contributed by atoms with E-state index in [1.54, 1.807) is 6.07 Å². The minimum Gasteiger partial charge on any atom is -0.508 e. The highest BCUT2D eigenvalue weighted by Gasteiger charge is 2.49. The number of hydrogen-bond acceptors (Lipinski definition) is 3. The van der Waals surface area contributed by atoms with Crippen LogP contribution in [0.15, 0.2) is 91.0 Å². The summed E-state index contributed by atoms with van der Waals surface area (Å²) in [6, 6.07) is 28.1. The van der Waals surface area contributed by atoms with Crippen LogP contribution in [0.4, 0.5) is 0 Å². The summed E-state index contributed by atoms with van der Waals surface area (Å²) in [6.45, 7) is 8.10. The lowest BCUT2D eigenvalue weighted by molar-refractivity contribution is 0.116. The molecule has 6 heteroatoms. The maximum Gasteiger partial charge on any atom is 0.369 e. The van der Waals surface area contributed by atoms with Gasteiger partial charge in [-0.2, -0.15) is 0 Å². The van der Waals surface area contributed by atoms with Crippen LogP contribution < -0.4 is 4.74 Å². The van der Waals surface area contributed by atoms with Crippen molar-refractivity contribution in [3.63, 3.8) is 0 Å². The number of rotatable bonds is 10. The molecule has 4 rings (SSSR count). The zero-order valence-corrected chi connectivity index (χ0v) is 23.9. The first-order chi connectivity index (χ1) is 18.5. The van der Waals surface area contributed by atoms with E-state index in [9.17, 15) is 19.5 Å². The van der Waals surface area contributed by atoms with Gasteiger partial charge in [0.2, 0.25) is 5.34 Å². The monoisotopic (exact) mass is 544 g/mol. The molecule has 4 aromatic carbocycles. The molecule has 0 atom stereocenters. The number of aromatic hydroxyl groups is 1. The molecule has 0 aromatic heterocycles. The first-order valence-corrected chi connectivity index (χ1v) is 14.8. The molecular formula is C33H37O5P. The van der Waals surface area contributed by atoms with E-state index in [0.29, 0.717) is 17.9 Å². The molecule has 0 saturated heterocycles. The van der Waals surface area contributed by atoms with Crippen molar-refractivity contribution in [1.82, 2.24) is 0 Å². The van der Waals surface area contributed by atoms with Crippen molar-refractivity contribution in [2.24, 2.45) is 0 Å². The van der Waals surface area contributed by atoms with Crippen LogP contribution in [0, 0.1) is 13.8 Å². The van der Waals surface area contributed by atoms with Crippen molar-refractivity contribution in [2.45, 2.75) is 58.2 Å². The van der Waals surface area contributed by atoms with E-state index in [2.05, 4.69) is 13.8 Å². The third kappa shape index (κ3) is 6.80. The molecule has 3 N–H and O–H groups in total. The number of hydrogen-bond donors (Lipinski definition) is 3. The second-order valence-corrected chi connectivity index (χ2v) is 12.6. The molecule has 0 unspecified atom stereocenters. The van der Waals surface area contributed by atoms with Gasteiger partial charge in [0.1, 0.15) is 11.5 Å². The van der Waals surface area contributed by atoms with Gasteiger partial charge in [-0.15, -0.1) is 0 Å². The van der Waals surface area contributed by atoms with Crippen molar-refractivity contribution >= 4 is 7.60 Å². The number of aryl methyl sites for hydroxylation is 2. The SMILES string of the molecule is Cc1cc(OC(Cc2ccccc2)(Cc2ccccc2)P(=O)(O)O)cc(C)c1Cc1ccc(O)c(C(C)C)c1. The summed E-state index contributed by atoms with van der Waals surface area (Å²) < 4.78 is 19.6. The summed E-state index contributed by atoms with van der Waals surface area (Å²) in [5.41, 5.74) is 6.65. The molecule has 39 heavy (non-hydrogen) atoms. The van der Waals surface area contributed by atoms with Crippen LogP contribution in [0.3, 0.4) is 0 Å². The molecule has 0 aliphatic heterocycles. The molecular weight excluding hydrogens is 507 g/mol. The summed E-state index contributed by atoms with van der Waals surface area (Å²) in [6.07, 6.45) is 0.784. The lowest BCUT2D eigenvalue weighted by Gasteiger charge is -2.35. The Morgan fingerprint density at radius 3 is 1.74 bits per heavy atom. The molecule has 0 fully saturated rings. The molecule has 0 radical (unpaired) electrons. The Labute approximate surface area is 231 Å². The normalized spacial score (nSPS) is 12.1. The fourth-order valence-corrected chi connectivity index (χ4v) is 6.12. The van der Waals surface area contributed by atoms with Gasteiger partial charge in [-0.25, -0.2) is 0 Å². The fraction of sp³-hybridized carbons (Fsp3) is 0.273. The van der Waals surface area contributed by atoms with E-state index in [0.717, 1.165) is 38.9 Å². The number of ether oxygens (including phenoxy) is 1. The van der Waals surface area contributed by atoms with Crippen molar-refractivity contribution < 1.29 is 24.2 Å². The molecule has 5 nitrogen and oxygen atoms in total. The second-order valence-electron chi connectivity index (χ2n) is 10.7. The van der Waals surface area contributed by atoms with Crippen LogP contribution in [0.25, 0.3) is 0 Å². The molecule has 0 heterocycles. The minimum absolute atomic E-state index is 0.0539. The molecule has 0 saturated carbocycles. The first-order valence-electron chi connectivity index (χ1n) is 13.2. The molecule has 0 aliphatic rings. The largest absolute Gasteiger partial charge is 0.508 e. The van der Waals surface area contributed by atoms with Gasteiger partial charge in [0.15, 0.2) is 0 Å². The highest BCUT2D eigenvalue weighted by molar-refractivity contribution is 7.53. The predicted molar refractivity (Wildman–Crippen MR) is 157 cm³/mol. The van der Waals surface area contributed by atoms with Gasteiger partial charge in [-0.3, -0.25) is 4.57 Å². The summed E-state index contributed by atoms with van der Waals surface area (Å²) in [7, 11) is -4.77. The fourth-order valence-electron chi connectivity index (χ4n) is 5.12. The number of benzene rings is 4. The summed E-state index contributed by atoms with van der Waals surface area (Å²) in [5, 5.41) is 8.44. The van der Waals surface area contributed by atoms with Crippen LogP contribution in [-0.2, 0) is 23.8 Å². The van der Waals surface area contributed by atoms with Crippen LogP contribution in [0.1, 0.15) is 58.7 Å². The van der Waals surface area contributed by atoms with Crippen molar-refractivity contribution in [3.8, 4) is 11.5 Å². The predicted octanol–water partition coefficient (Wildman–Crippen LogP) is 7.46. The van der Waals surface area contributed by atoms with E-state index in [1.165, 1.54) is 0 Å². The lowest BCUT2D eigenvalue weighted by Crippen LogP contribution is -2.41. The third-order valence-corrected chi connectivity index (χ3v) is 8.72. The Balaban J connectivity index is 1.72. The average Bonchev–Trinajstić information content (AvgIpc) is 2.87. The summed E-state index contributed by atoms with van der Waals surface area (Å²) in [4.78, 5) is 21.5. The Morgan fingerprint density at radius 1 is 0.769 bits per heavy atom. The highest BCUT2D eigenvalue weighted by atomic mass is 31.2. The average molecular weight is 545 g/mol. The van der Waals surface area contributed by atoms with Gasteiger partial charge in [0.25, 0.3) is 0 Å². The number of phenols is 1. The highest BCUT2D eigenvalue weighted by Crippen LogP contribution is 2.55. The first kappa shape index (κ1) is 28.6. The smallest absolute Gasteiger partial charge is 0.369 e. The third-order valence-electron chi connectivity index (χ3n) is 7.25. The quantitative estimate of drug-likeness (QED) is 0.180. The molecule has 0 bridgehead atoms. The van der Waals surface area contributed by atoms with E-state index in [4.69, 9.17) is 4.74 Å². The van der Waals surface area contributed by atoms with E-state index in [-0.39, 0.29) is 18.8 Å². The molecule has 0 aliphatic carbocycles. The van der Waals surface area contributed by atoms with Crippen LogP contribution in [0.5, 0.6) is 11.5 Å². The van der Waals surface area contributed by atoms with Gasteiger partial charge >= 0.3 is 7.60 Å². The van der Waals surface area contributed by atoms with Crippen molar-refractivity contribution in [2.75, 3.05) is 0 Å². The zero-order chi connectivity index (χ0) is 28.2. The van der Waals surface area contributed by atoms with Crippen LogP contribution in [-0.4, -0.2) is 20.2 Å². The Morgan fingerprint density at radius 2 is 1.28 bits per heavy atom. The van der Waals surface area contributed by atoms with Gasteiger partial charge in [0, 0.05) is 12.8 Å². The van der Waals surface area contributed by atoms with Gasteiger partial charge < -0.3 is 19.6 Å². The summed E-state index contributed by atoms with van der Waals surface area (Å²) >= 11 is 0. The second kappa shape index (κ2) is 11.8. The topological polar surface area (TPSA) is 87.0 Å². The van der Waals surface area contributed by atoms with E-state index < -0.39 is 12.9 Å². The molecule has 4 aromatic rings. The maximum atomic E-state index is 13.2. The Bertz CT molecular complexity index is 1390. The van der Waals surface area contributed by atoms with E-state index >= 15 is 0 Å². The maximum absolute atomic E-state index is 13.2. The van der Waals surface area contributed by atoms with Crippen LogP contribution >= 0.6 is 7.60 Å². The van der Waals surface area contributed by atoms with Crippen LogP contribution in [0.2, 0.25) is 0 Å². The number of phenolic OH excluding ortho intramolecular Hbond substituents is 1. The van der Waals surface area contributed by atoms with E-state index in [1.807, 2.05) is 98.8 Å². The standard InChI is InChI=1S/C33H37O5P/c1-23(2)30-19-28(15-16-32(30)34)20-31-24(3)17-29(18-25(31)4)38-33(39(35,36)37,21-26-11-7-5-8-12-26)22-27-13-9-6-10-14-27/h5-19,23,34H,20-22H2,1-4H3,(H2,35,36,37). The van der Waals surface area contributed by atoms with Crippen molar-refractivity contribution in [1.29, 1.82) is 0 Å². The zero-order valence-electron chi connectivity index (χ0n) is 23.0. The molecule has 204 valence electrons. The molecule has 0 spiro atoms. The van der Waals surface area contributed by atoms with Gasteiger partial charge in [-0.1, -0.05) is 86.6 Å². The summed E-state index contributed by atoms with van der Waals surface area (Å²) in [5.74, 6) is 0.937. The minimum atomic E-state index is -4.77. The van der Waals surface area contributed by atoms with Gasteiger partial charge in [-0.05, 0) is 83.3 Å². The lowest BCUT2D eigenvalue weighted by atomic mass is 9.92. The molecule has 0 amide bonds. The van der Waals surface area contributed by atoms with Gasteiger partial charge in [0.05, 0.1) is 0 Å². The Kier molecular flexibility index (Phi) is 8.66.